The van der Waals surface area contributed by atoms with E-state index in [1.54, 1.807) is 6.07 Å². The Morgan fingerprint density at radius 3 is 2.68 bits per heavy atom. The lowest BCUT2D eigenvalue weighted by Gasteiger charge is -2.16. The minimum atomic E-state index is -3.05. The predicted molar refractivity (Wildman–Crippen MR) is 63.7 cm³/mol. The predicted octanol–water partition coefficient (Wildman–Crippen LogP) is 2.32. The molecule has 7 heteroatoms. The molecule has 0 aliphatic rings. The SMILES string of the molecule is COc1cccc(C(C)(F)F)c1-c1noc(CN)n1. The Morgan fingerprint density at radius 1 is 1.42 bits per heavy atom. The summed E-state index contributed by atoms with van der Waals surface area (Å²) >= 11 is 0. The maximum Gasteiger partial charge on any atom is 0.271 e. The van der Waals surface area contributed by atoms with E-state index in [0.717, 1.165) is 6.92 Å². The van der Waals surface area contributed by atoms with Crippen molar-refractivity contribution in [3.63, 3.8) is 0 Å². The Bertz CT molecular complexity index is 579. The molecule has 1 heterocycles. The first-order valence-corrected chi connectivity index (χ1v) is 5.55. The molecular weight excluding hydrogens is 256 g/mol. The molecule has 2 N–H and O–H groups in total. The lowest BCUT2D eigenvalue weighted by atomic mass is 10.0. The zero-order chi connectivity index (χ0) is 14.0. The smallest absolute Gasteiger partial charge is 0.271 e. The van der Waals surface area contributed by atoms with Crippen molar-refractivity contribution in [1.29, 1.82) is 0 Å². The molecular formula is C12H13F2N3O2. The van der Waals surface area contributed by atoms with E-state index in [9.17, 15) is 8.78 Å². The van der Waals surface area contributed by atoms with Gasteiger partial charge in [0.1, 0.15) is 5.75 Å². The van der Waals surface area contributed by atoms with Crippen LogP contribution in [0.3, 0.4) is 0 Å². The molecule has 0 atom stereocenters. The van der Waals surface area contributed by atoms with Crippen LogP contribution >= 0.6 is 0 Å². The number of ether oxygens (including phenoxy) is 1. The van der Waals surface area contributed by atoms with Gasteiger partial charge in [-0.15, -0.1) is 0 Å². The average molecular weight is 269 g/mol. The summed E-state index contributed by atoms with van der Waals surface area (Å²) in [6.45, 7) is 0.842. The van der Waals surface area contributed by atoms with Crippen molar-refractivity contribution in [2.75, 3.05) is 7.11 Å². The molecule has 0 fully saturated rings. The molecule has 19 heavy (non-hydrogen) atoms. The van der Waals surface area contributed by atoms with Crippen molar-refractivity contribution in [2.24, 2.45) is 5.73 Å². The van der Waals surface area contributed by atoms with E-state index in [1.165, 1.54) is 19.2 Å². The van der Waals surface area contributed by atoms with Crippen LogP contribution in [-0.2, 0) is 12.5 Å². The summed E-state index contributed by atoms with van der Waals surface area (Å²) in [5.41, 5.74) is 5.25. The molecule has 0 spiro atoms. The number of halogens is 2. The van der Waals surface area contributed by atoms with E-state index < -0.39 is 5.92 Å². The van der Waals surface area contributed by atoms with Gasteiger partial charge in [0.15, 0.2) is 0 Å². The Balaban J connectivity index is 2.65. The minimum absolute atomic E-state index is 0.0365. The average Bonchev–Trinajstić information content (AvgIpc) is 2.85. The Labute approximate surface area is 108 Å². The molecule has 0 amide bonds. The maximum absolute atomic E-state index is 13.6. The summed E-state index contributed by atoms with van der Waals surface area (Å²) in [6.07, 6.45) is 0. The van der Waals surface area contributed by atoms with Gasteiger partial charge >= 0.3 is 0 Å². The normalized spacial score (nSPS) is 11.6. The van der Waals surface area contributed by atoms with Gasteiger partial charge in [-0.2, -0.15) is 4.98 Å². The van der Waals surface area contributed by atoms with Crippen LogP contribution in [0.1, 0.15) is 18.4 Å². The van der Waals surface area contributed by atoms with Crippen LogP contribution in [-0.4, -0.2) is 17.3 Å². The number of hydrogen-bond donors (Lipinski definition) is 1. The van der Waals surface area contributed by atoms with Crippen molar-refractivity contribution < 1.29 is 18.0 Å². The third-order valence-electron chi connectivity index (χ3n) is 2.59. The lowest BCUT2D eigenvalue weighted by molar-refractivity contribution is 0.0178. The summed E-state index contributed by atoms with van der Waals surface area (Å²) < 4.78 is 37.2. The standard InChI is InChI=1S/C12H13F2N3O2/c1-12(13,14)7-4-3-5-8(18-2)10(7)11-16-9(6-15)19-17-11/h3-5H,6,15H2,1-2H3. The van der Waals surface area contributed by atoms with Crippen LogP contribution in [0, 0.1) is 0 Å². The lowest BCUT2D eigenvalue weighted by Crippen LogP contribution is -2.10. The van der Waals surface area contributed by atoms with Gasteiger partial charge in [-0.3, -0.25) is 0 Å². The van der Waals surface area contributed by atoms with E-state index in [-0.39, 0.29) is 35.1 Å². The van der Waals surface area contributed by atoms with Crippen molar-refractivity contribution in [1.82, 2.24) is 10.1 Å². The van der Waals surface area contributed by atoms with Crippen LogP contribution < -0.4 is 10.5 Å². The van der Waals surface area contributed by atoms with Crippen LogP contribution in [0.4, 0.5) is 8.78 Å². The molecule has 2 rings (SSSR count). The quantitative estimate of drug-likeness (QED) is 0.921. The Kier molecular flexibility index (Phi) is 3.48. The first-order valence-electron chi connectivity index (χ1n) is 5.55. The van der Waals surface area contributed by atoms with Gasteiger partial charge in [0.05, 0.1) is 19.2 Å². The summed E-state index contributed by atoms with van der Waals surface area (Å²) in [5.74, 6) is -2.59. The van der Waals surface area contributed by atoms with E-state index in [2.05, 4.69) is 10.1 Å². The zero-order valence-electron chi connectivity index (χ0n) is 10.5. The fourth-order valence-electron chi connectivity index (χ4n) is 1.74. The molecule has 5 nitrogen and oxygen atoms in total. The number of methoxy groups -OCH3 is 1. The number of rotatable bonds is 4. The van der Waals surface area contributed by atoms with Gasteiger partial charge < -0.3 is 15.0 Å². The fourth-order valence-corrected chi connectivity index (χ4v) is 1.74. The second kappa shape index (κ2) is 4.93. The second-order valence-electron chi connectivity index (χ2n) is 3.99. The molecule has 0 unspecified atom stereocenters. The van der Waals surface area contributed by atoms with Crippen LogP contribution in [0.2, 0.25) is 0 Å². The van der Waals surface area contributed by atoms with Gasteiger partial charge in [0.2, 0.25) is 11.7 Å². The molecule has 0 saturated heterocycles. The largest absolute Gasteiger partial charge is 0.496 e. The number of benzene rings is 1. The Hall–Kier alpha value is -2.02. The van der Waals surface area contributed by atoms with E-state index >= 15 is 0 Å². The van der Waals surface area contributed by atoms with Crippen molar-refractivity contribution in [3.05, 3.63) is 29.7 Å². The van der Waals surface area contributed by atoms with Crippen molar-refractivity contribution >= 4 is 0 Å². The molecule has 0 saturated carbocycles. The molecule has 0 bridgehead atoms. The van der Waals surface area contributed by atoms with Gasteiger partial charge in [-0.05, 0) is 6.07 Å². The third kappa shape index (κ3) is 2.55. The van der Waals surface area contributed by atoms with Crippen molar-refractivity contribution in [3.8, 4) is 17.1 Å². The van der Waals surface area contributed by atoms with Crippen LogP contribution in [0.25, 0.3) is 11.4 Å². The zero-order valence-corrected chi connectivity index (χ0v) is 10.5. The van der Waals surface area contributed by atoms with Gasteiger partial charge in [-0.25, -0.2) is 8.78 Å². The summed E-state index contributed by atoms with van der Waals surface area (Å²) in [7, 11) is 1.39. The molecule has 1 aromatic heterocycles. The maximum atomic E-state index is 13.6. The highest BCUT2D eigenvalue weighted by molar-refractivity contribution is 5.69. The van der Waals surface area contributed by atoms with E-state index in [4.69, 9.17) is 15.0 Å². The van der Waals surface area contributed by atoms with Gasteiger partial charge in [0, 0.05) is 12.5 Å². The number of nitrogens with two attached hydrogens (primary N) is 1. The first-order chi connectivity index (χ1) is 8.97. The van der Waals surface area contributed by atoms with Gasteiger partial charge in [0.25, 0.3) is 5.92 Å². The molecule has 102 valence electrons. The summed E-state index contributed by atoms with van der Waals surface area (Å²) in [5, 5.41) is 3.66. The fraction of sp³-hybridized carbons (Fsp3) is 0.333. The molecule has 0 aliphatic heterocycles. The molecule has 0 aliphatic carbocycles. The molecule has 2 aromatic rings. The minimum Gasteiger partial charge on any atom is -0.496 e. The van der Waals surface area contributed by atoms with E-state index in [1.807, 2.05) is 0 Å². The molecule has 0 radical (unpaired) electrons. The first kappa shape index (κ1) is 13.4. The number of aromatic nitrogens is 2. The van der Waals surface area contributed by atoms with Gasteiger partial charge in [-0.1, -0.05) is 17.3 Å². The molecule has 1 aromatic carbocycles. The highest BCUT2D eigenvalue weighted by Crippen LogP contribution is 2.39. The number of alkyl halides is 2. The highest BCUT2D eigenvalue weighted by atomic mass is 19.3. The topological polar surface area (TPSA) is 74.2 Å². The third-order valence-corrected chi connectivity index (χ3v) is 2.59. The second-order valence-corrected chi connectivity index (χ2v) is 3.99. The van der Waals surface area contributed by atoms with E-state index in [0.29, 0.717) is 0 Å². The number of hydrogen-bond acceptors (Lipinski definition) is 5. The highest BCUT2D eigenvalue weighted by Gasteiger charge is 2.31. The Morgan fingerprint density at radius 2 is 2.16 bits per heavy atom. The monoisotopic (exact) mass is 269 g/mol. The van der Waals surface area contributed by atoms with Crippen LogP contribution in [0.15, 0.2) is 22.7 Å². The number of nitrogens with zero attached hydrogens (tertiary/aromatic N) is 2. The van der Waals surface area contributed by atoms with Crippen molar-refractivity contribution in [2.45, 2.75) is 19.4 Å². The van der Waals surface area contributed by atoms with Crippen LogP contribution in [0.5, 0.6) is 5.75 Å². The summed E-state index contributed by atoms with van der Waals surface area (Å²) in [4.78, 5) is 3.97. The summed E-state index contributed by atoms with van der Waals surface area (Å²) in [6, 6.07) is 4.35.